The Morgan fingerprint density at radius 1 is 1.50 bits per heavy atom. The van der Waals surface area contributed by atoms with Crippen molar-refractivity contribution >= 4 is 17.7 Å². The Balaban J connectivity index is 1.81. The molecule has 0 bridgehead atoms. The lowest BCUT2D eigenvalue weighted by Gasteiger charge is -2.28. The second-order valence-corrected chi connectivity index (χ2v) is 5.81. The summed E-state index contributed by atoms with van der Waals surface area (Å²) in [4.78, 5) is 10.9. The van der Waals surface area contributed by atoms with E-state index in [4.69, 9.17) is 9.52 Å². The zero-order valence-electron chi connectivity index (χ0n) is 10.5. The van der Waals surface area contributed by atoms with Gasteiger partial charge in [-0.1, -0.05) is 0 Å². The molecule has 0 spiro atoms. The Morgan fingerprint density at radius 3 is 2.83 bits per heavy atom. The molecule has 2 N–H and O–H groups in total. The van der Waals surface area contributed by atoms with Gasteiger partial charge < -0.3 is 14.8 Å². The fourth-order valence-electron chi connectivity index (χ4n) is 2.42. The van der Waals surface area contributed by atoms with Crippen molar-refractivity contribution in [2.24, 2.45) is 0 Å². The van der Waals surface area contributed by atoms with Crippen molar-refractivity contribution in [1.82, 2.24) is 5.32 Å². The smallest absolute Gasteiger partial charge is 0.372 e. The first-order chi connectivity index (χ1) is 8.70. The zero-order chi connectivity index (χ0) is 13.0. The molecular formula is C13H19NO3S. The first-order valence-corrected chi connectivity index (χ1v) is 7.55. The molecule has 0 saturated heterocycles. The van der Waals surface area contributed by atoms with Crippen LogP contribution in [0.5, 0.6) is 0 Å². The Labute approximate surface area is 111 Å². The van der Waals surface area contributed by atoms with E-state index in [9.17, 15) is 4.79 Å². The van der Waals surface area contributed by atoms with Crippen LogP contribution in [0.3, 0.4) is 0 Å². The monoisotopic (exact) mass is 269 g/mol. The van der Waals surface area contributed by atoms with Crippen LogP contribution in [0, 0.1) is 0 Å². The lowest BCUT2D eigenvalue weighted by Crippen LogP contribution is -2.33. The van der Waals surface area contributed by atoms with Gasteiger partial charge in [0.2, 0.25) is 5.76 Å². The van der Waals surface area contributed by atoms with E-state index >= 15 is 0 Å². The van der Waals surface area contributed by atoms with Gasteiger partial charge in [0.25, 0.3) is 0 Å². The van der Waals surface area contributed by atoms with Gasteiger partial charge in [0.15, 0.2) is 0 Å². The normalized spacial score (nSPS) is 24.1. The summed E-state index contributed by atoms with van der Waals surface area (Å²) in [5.74, 6) is -0.941. The average Bonchev–Trinajstić information content (AvgIpc) is 2.85. The van der Waals surface area contributed by atoms with Crippen molar-refractivity contribution in [2.45, 2.75) is 43.5 Å². The van der Waals surface area contributed by atoms with Crippen LogP contribution in [0.4, 0.5) is 0 Å². The molecule has 100 valence electrons. The summed E-state index contributed by atoms with van der Waals surface area (Å²) in [6.07, 6.45) is 8.44. The number of carboxylic acids is 1. The third-order valence-electron chi connectivity index (χ3n) is 3.53. The molecule has 0 aliphatic heterocycles. The molecule has 1 aromatic heterocycles. The molecule has 1 fully saturated rings. The lowest BCUT2D eigenvalue weighted by molar-refractivity contribution is 0.0660. The van der Waals surface area contributed by atoms with Crippen molar-refractivity contribution in [2.75, 3.05) is 6.26 Å². The molecule has 4 nitrogen and oxygen atoms in total. The first-order valence-electron chi connectivity index (χ1n) is 6.26. The molecule has 1 heterocycles. The molecule has 0 aromatic carbocycles. The van der Waals surface area contributed by atoms with Crippen molar-refractivity contribution in [3.8, 4) is 0 Å². The van der Waals surface area contributed by atoms with Crippen LogP contribution in [0.1, 0.15) is 41.8 Å². The van der Waals surface area contributed by atoms with Crippen molar-refractivity contribution in [3.63, 3.8) is 0 Å². The van der Waals surface area contributed by atoms with Gasteiger partial charge in [-0.3, -0.25) is 0 Å². The second kappa shape index (κ2) is 6.29. The second-order valence-electron chi connectivity index (χ2n) is 4.67. The average molecular weight is 269 g/mol. The number of rotatable bonds is 5. The van der Waals surface area contributed by atoms with Gasteiger partial charge >= 0.3 is 5.97 Å². The van der Waals surface area contributed by atoms with E-state index in [2.05, 4.69) is 11.6 Å². The van der Waals surface area contributed by atoms with Crippen LogP contribution in [-0.4, -0.2) is 28.6 Å². The van der Waals surface area contributed by atoms with E-state index in [-0.39, 0.29) is 5.76 Å². The molecule has 1 aliphatic carbocycles. The van der Waals surface area contributed by atoms with E-state index in [0.717, 1.165) is 10.8 Å². The summed E-state index contributed by atoms with van der Waals surface area (Å²) in [5.41, 5.74) is 0.731. The minimum Gasteiger partial charge on any atom is -0.475 e. The minimum atomic E-state index is -0.997. The molecule has 5 heteroatoms. The molecule has 0 unspecified atom stereocenters. The highest BCUT2D eigenvalue weighted by molar-refractivity contribution is 7.99. The van der Waals surface area contributed by atoms with E-state index in [1.165, 1.54) is 31.9 Å². The Hall–Kier alpha value is -0.940. The molecule has 1 aliphatic rings. The predicted molar refractivity (Wildman–Crippen MR) is 72.1 cm³/mol. The predicted octanol–water partition coefficient (Wildman–Crippen LogP) is 2.74. The molecule has 1 saturated carbocycles. The summed E-state index contributed by atoms with van der Waals surface area (Å²) >= 11 is 1.95. The maximum absolute atomic E-state index is 10.9. The number of hydrogen-bond acceptors (Lipinski definition) is 4. The highest BCUT2D eigenvalue weighted by Gasteiger charge is 2.21. The standard InChI is InChI=1S/C13H19NO3S/c1-18-11-4-2-10(3-5-11)14-8-9-6-7-17-12(9)13(15)16/h6-7,10-11,14H,2-5,8H2,1H3,(H,15,16). The van der Waals surface area contributed by atoms with Gasteiger partial charge in [0.05, 0.1) is 6.26 Å². The number of furan rings is 1. The van der Waals surface area contributed by atoms with Crippen LogP contribution < -0.4 is 5.32 Å². The Bertz CT molecular complexity index is 397. The maximum atomic E-state index is 10.9. The highest BCUT2D eigenvalue weighted by atomic mass is 32.2. The van der Waals surface area contributed by atoms with E-state index < -0.39 is 5.97 Å². The Morgan fingerprint density at radius 2 is 2.22 bits per heavy atom. The fraction of sp³-hybridized carbons (Fsp3) is 0.615. The first kappa shape index (κ1) is 13.5. The number of carbonyl (C=O) groups is 1. The van der Waals surface area contributed by atoms with E-state index in [1.54, 1.807) is 6.07 Å². The fourth-order valence-corrected chi connectivity index (χ4v) is 3.16. The third-order valence-corrected chi connectivity index (χ3v) is 4.67. The van der Waals surface area contributed by atoms with E-state index in [1.807, 2.05) is 11.8 Å². The topological polar surface area (TPSA) is 62.5 Å². The van der Waals surface area contributed by atoms with Crippen LogP contribution in [0.25, 0.3) is 0 Å². The Kier molecular flexibility index (Phi) is 4.72. The van der Waals surface area contributed by atoms with E-state index in [0.29, 0.717) is 12.6 Å². The third kappa shape index (κ3) is 3.29. The summed E-state index contributed by atoms with van der Waals surface area (Å²) in [6.45, 7) is 0.576. The number of aromatic carboxylic acids is 1. The summed E-state index contributed by atoms with van der Waals surface area (Å²) in [6, 6.07) is 2.23. The summed E-state index contributed by atoms with van der Waals surface area (Å²) in [5, 5.41) is 13.2. The molecule has 2 rings (SSSR count). The van der Waals surface area contributed by atoms with Gasteiger partial charge in [0, 0.05) is 23.4 Å². The minimum absolute atomic E-state index is 0.0558. The van der Waals surface area contributed by atoms with Crippen molar-refractivity contribution < 1.29 is 14.3 Å². The van der Waals surface area contributed by atoms with Crippen molar-refractivity contribution in [3.05, 3.63) is 23.7 Å². The molecule has 1 aromatic rings. The van der Waals surface area contributed by atoms with Crippen LogP contribution in [0.2, 0.25) is 0 Å². The van der Waals surface area contributed by atoms with Crippen LogP contribution >= 0.6 is 11.8 Å². The van der Waals surface area contributed by atoms with Gasteiger partial charge in [-0.25, -0.2) is 4.79 Å². The van der Waals surface area contributed by atoms with Crippen LogP contribution in [0.15, 0.2) is 16.7 Å². The largest absolute Gasteiger partial charge is 0.475 e. The molecular weight excluding hydrogens is 250 g/mol. The highest BCUT2D eigenvalue weighted by Crippen LogP contribution is 2.27. The number of nitrogens with one attached hydrogen (secondary N) is 1. The van der Waals surface area contributed by atoms with Gasteiger partial charge in [0.1, 0.15) is 0 Å². The summed E-state index contributed by atoms with van der Waals surface area (Å²) in [7, 11) is 0. The summed E-state index contributed by atoms with van der Waals surface area (Å²) < 4.78 is 4.96. The SMILES string of the molecule is CSC1CCC(NCc2ccoc2C(=O)O)CC1. The number of hydrogen-bond donors (Lipinski definition) is 2. The quantitative estimate of drug-likeness (QED) is 0.860. The zero-order valence-corrected chi connectivity index (χ0v) is 11.3. The van der Waals surface area contributed by atoms with Crippen molar-refractivity contribution in [1.29, 1.82) is 0 Å². The molecule has 0 radical (unpaired) electrons. The van der Waals surface area contributed by atoms with Crippen LogP contribution in [-0.2, 0) is 6.54 Å². The lowest BCUT2D eigenvalue weighted by atomic mass is 9.95. The molecule has 0 amide bonds. The molecule has 18 heavy (non-hydrogen) atoms. The maximum Gasteiger partial charge on any atom is 0.372 e. The number of carboxylic acid groups (broad SMARTS) is 1. The van der Waals surface area contributed by atoms with Gasteiger partial charge in [-0.05, 0) is 38.0 Å². The van der Waals surface area contributed by atoms with Gasteiger partial charge in [-0.15, -0.1) is 0 Å². The molecule has 0 atom stereocenters. The number of thioether (sulfide) groups is 1. The van der Waals surface area contributed by atoms with Gasteiger partial charge in [-0.2, -0.15) is 11.8 Å².